The minimum atomic E-state index is -0.369. The van der Waals surface area contributed by atoms with Crippen LogP contribution in [0.3, 0.4) is 0 Å². The fraction of sp³-hybridized carbons (Fsp3) is 0.250. The van der Waals surface area contributed by atoms with Gasteiger partial charge in [-0.15, -0.1) is 0 Å². The predicted molar refractivity (Wildman–Crippen MR) is 121 cm³/mol. The van der Waals surface area contributed by atoms with E-state index in [2.05, 4.69) is 10.7 Å². The maximum Gasteiger partial charge on any atom is 0.133 e. The van der Waals surface area contributed by atoms with Crippen molar-refractivity contribution >= 4 is 17.1 Å². The van der Waals surface area contributed by atoms with Crippen molar-refractivity contribution in [1.82, 2.24) is 0 Å². The highest BCUT2D eigenvalue weighted by Gasteiger charge is 2.12. The largest absolute Gasteiger partial charge is 0.491 e. The van der Waals surface area contributed by atoms with Gasteiger partial charge in [-0.3, -0.25) is 5.84 Å². The normalized spacial score (nSPS) is 10.9. The van der Waals surface area contributed by atoms with Crippen molar-refractivity contribution in [3.8, 4) is 22.6 Å². The number of ether oxygens (including phenoxy) is 2. The van der Waals surface area contributed by atoms with E-state index in [9.17, 15) is 4.39 Å². The maximum atomic E-state index is 14.8. The van der Waals surface area contributed by atoms with E-state index in [4.69, 9.17) is 15.3 Å². The van der Waals surface area contributed by atoms with Gasteiger partial charge in [-0.25, -0.2) is 4.39 Å². The van der Waals surface area contributed by atoms with Gasteiger partial charge in [-0.1, -0.05) is 12.1 Å². The van der Waals surface area contributed by atoms with Crippen LogP contribution in [0.1, 0.15) is 27.7 Å². The number of anilines is 3. The minimum absolute atomic E-state index is 0.0793. The van der Waals surface area contributed by atoms with Crippen LogP contribution in [0, 0.1) is 5.82 Å². The standard InChI is InChI=1S/C24H28FN3O2/c1-15(2)29-19-9-5-17(6-10-19)21-13-23(24(28-26)14-22(21)25)27-18-7-11-20(12-8-18)30-16(3)4/h5-16,27-28H,26H2,1-4H3. The number of rotatable bonds is 8. The second-order valence-electron chi connectivity index (χ2n) is 7.53. The van der Waals surface area contributed by atoms with Crippen LogP contribution in [-0.2, 0) is 0 Å². The summed E-state index contributed by atoms with van der Waals surface area (Å²) in [5, 5.41) is 3.29. The third kappa shape index (κ3) is 5.42. The molecule has 0 radical (unpaired) electrons. The molecule has 0 fully saturated rings. The molecule has 3 aromatic rings. The lowest BCUT2D eigenvalue weighted by Gasteiger charge is -2.16. The summed E-state index contributed by atoms with van der Waals surface area (Å²) in [7, 11) is 0. The van der Waals surface area contributed by atoms with Gasteiger partial charge in [-0.2, -0.15) is 0 Å². The Morgan fingerprint density at radius 3 is 1.80 bits per heavy atom. The van der Waals surface area contributed by atoms with Crippen LogP contribution in [-0.4, -0.2) is 12.2 Å². The molecule has 0 bridgehead atoms. The second kappa shape index (κ2) is 9.50. The number of hydrazine groups is 1. The van der Waals surface area contributed by atoms with E-state index in [0.29, 0.717) is 16.9 Å². The Hall–Kier alpha value is -3.25. The van der Waals surface area contributed by atoms with Crippen molar-refractivity contribution in [1.29, 1.82) is 0 Å². The summed E-state index contributed by atoms with van der Waals surface area (Å²) in [5.74, 6) is 6.78. The van der Waals surface area contributed by atoms with Crippen molar-refractivity contribution in [2.45, 2.75) is 39.9 Å². The number of nitrogen functional groups attached to an aromatic ring is 1. The molecule has 0 amide bonds. The first-order valence-corrected chi connectivity index (χ1v) is 9.96. The van der Waals surface area contributed by atoms with Crippen LogP contribution in [0.2, 0.25) is 0 Å². The Balaban J connectivity index is 1.88. The van der Waals surface area contributed by atoms with Gasteiger partial charge in [0.2, 0.25) is 0 Å². The zero-order chi connectivity index (χ0) is 21.7. The van der Waals surface area contributed by atoms with Gasteiger partial charge in [0.15, 0.2) is 0 Å². The molecule has 0 saturated heterocycles. The molecule has 0 unspecified atom stereocenters. The topological polar surface area (TPSA) is 68.5 Å². The van der Waals surface area contributed by atoms with Crippen molar-refractivity contribution in [3.63, 3.8) is 0 Å². The molecule has 0 aliphatic carbocycles. The highest BCUT2D eigenvalue weighted by atomic mass is 19.1. The van der Waals surface area contributed by atoms with Crippen LogP contribution in [0.5, 0.6) is 11.5 Å². The van der Waals surface area contributed by atoms with Gasteiger partial charge in [0, 0.05) is 17.3 Å². The monoisotopic (exact) mass is 409 g/mol. The zero-order valence-electron chi connectivity index (χ0n) is 17.7. The van der Waals surface area contributed by atoms with Gasteiger partial charge in [-0.05, 0) is 75.7 Å². The van der Waals surface area contributed by atoms with Gasteiger partial charge in [0.25, 0.3) is 0 Å². The third-order valence-electron chi connectivity index (χ3n) is 4.30. The molecule has 0 aliphatic heterocycles. The molecule has 0 spiro atoms. The minimum Gasteiger partial charge on any atom is -0.491 e. The molecule has 0 heterocycles. The van der Waals surface area contributed by atoms with Crippen LogP contribution in [0.4, 0.5) is 21.5 Å². The summed E-state index contributed by atoms with van der Waals surface area (Å²) in [6.07, 6.45) is 0.185. The van der Waals surface area contributed by atoms with Crippen LogP contribution >= 0.6 is 0 Å². The Kier molecular flexibility index (Phi) is 6.79. The van der Waals surface area contributed by atoms with E-state index in [1.165, 1.54) is 6.07 Å². The van der Waals surface area contributed by atoms with Crippen molar-refractivity contribution < 1.29 is 13.9 Å². The number of hydrogen-bond donors (Lipinski definition) is 3. The first-order valence-electron chi connectivity index (χ1n) is 9.96. The Bertz CT molecular complexity index is 971. The lowest BCUT2D eigenvalue weighted by Crippen LogP contribution is -2.10. The van der Waals surface area contributed by atoms with Gasteiger partial charge >= 0.3 is 0 Å². The quantitative estimate of drug-likeness (QED) is 0.310. The average Bonchev–Trinajstić information content (AvgIpc) is 2.70. The molecule has 4 N–H and O–H groups in total. The molecule has 3 rings (SSSR count). The molecule has 30 heavy (non-hydrogen) atoms. The average molecular weight is 410 g/mol. The van der Waals surface area contributed by atoms with Crippen molar-refractivity contribution in [2.24, 2.45) is 5.84 Å². The summed E-state index contributed by atoms with van der Waals surface area (Å²) in [5.41, 5.74) is 5.72. The van der Waals surface area contributed by atoms with E-state index in [1.807, 2.05) is 76.2 Å². The summed E-state index contributed by atoms with van der Waals surface area (Å²) >= 11 is 0. The molecule has 0 atom stereocenters. The molecule has 0 aliphatic rings. The first kappa shape index (κ1) is 21.5. The highest BCUT2D eigenvalue weighted by molar-refractivity contribution is 5.81. The van der Waals surface area contributed by atoms with Crippen LogP contribution in [0.25, 0.3) is 11.1 Å². The SMILES string of the molecule is CC(C)Oc1ccc(Nc2cc(-c3ccc(OC(C)C)cc3)c(F)cc2NN)cc1. The lowest BCUT2D eigenvalue weighted by atomic mass is 10.0. The van der Waals surface area contributed by atoms with E-state index in [0.717, 1.165) is 22.7 Å². The molecule has 158 valence electrons. The molecule has 3 aromatic carbocycles. The molecular formula is C24H28FN3O2. The molecule has 5 nitrogen and oxygen atoms in total. The second-order valence-corrected chi connectivity index (χ2v) is 7.53. The Morgan fingerprint density at radius 1 is 0.767 bits per heavy atom. The smallest absolute Gasteiger partial charge is 0.133 e. The predicted octanol–water partition coefficient (Wildman–Crippen LogP) is 6.10. The number of benzene rings is 3. The number of nitrogens with one attached hydrogen (secondary N) is 2. The summed E-state index contributed by atoms with van der Waals surface area (Å²) in [6, 6.07) is 18.0. The fourth-order valence-electron chi connectivity index (χ4n) is 3.05. The van der Waals surface area contributed by atoms with Crippen molar-refractivity contribution in [2.75, 3.05) is 10.7 Å². The van der Waals surface area contributed by atoms with Gasteiger partial charge in [0.05, 0.1) is 23.6 Å². The fourth-order valence-corrected chi connectivity index (χ4v) is 3.05. The van der Waals surface area contributed by atoms with Gasteiger partial charge < -0.3 is 20.2 Å². The highest BCUT2D eigenvalue weighted by Crippen LogP contribution is 2.34. The molecule has 0 aromatic heterocycles. The van der Waals surface area contributed by atoms with E-state index in [1.54, 1.807) is 6.07 Å². The molecule has 0 saturated carbocycles. The Labute approximate surface area is 177 Å². The van der Waals surface area contributed by atoms with E-state index in [-0.39, 0.29) is 18.0 Å². The van der Waals surface area contributed by atoms with Crippen LogP contribution in [0.15, 0.2) is 60.7 Å². The van der Waals surface area contributed by atoms with E-state index < -0.39 is 0 Å². The zero-order valence-corrected chi connectivity index (χ0v) is 17.7. The van der Waals surface area contributed by atoms with Gasteiger partial charge in [0.1, 0.15) is 17.3 Å². The number of nitrogens with two attached hydrogens (primary N) is 1. The van der Waals surface area contributed by atoms with E-state index >= 15 is 0 Å². The van der Waals surface area contributed by atoms with Crippen LogP contribution < -0.4 is 26.1 Å². The summed E-state index contributed by atoms with van der Waals surface area (Å²) in [6.45, 7) is 7.89. The third-order valence-corrected chi connectivity index (χ3v) is 4.30. The number of halogens is 1. The number of hydrogen-bond acceptors (Lipinski definition) is 5. The first-order chi connectivity index (χ1) is 14.4. The van der Waals surface area contributed by atoms with Crippen molar-refractivity contribution in [3.05, 3.63) is 66.5 Å². The molecule has 6 heteroatoms. The summed E-state index contributed by atoms with van der Waals surface area (Å²) < 4.78 is 26.1. The maximum absolute atomic E-state index is 14.8. The Morgan fingerprint density at radius 2 is 1.30 bits per heavy atom. The summed E-state index contributed by atoms with van der Waals surface area (Å²) in [4.78, 5) is 0. The lowest BCUT2D eigenvalue weighted by molar-refractivity contribution is 0.242. The molecular weight excluding hydrogens is 381 g/mol.